The van der Waals surface area contributed by atoms with E-state index in [0.717, 1.165) is 11.1 Å². The highest BCUT2D eigenvalue weighted by atomic mass is 16.5. The fourth-order valence-electron chi connectivity index (χ4n) is 7.06. The van der Waals surface area contributed by atoms with Crippen molar-refractivity contribution in [1.29, 1.82) is 0 Å². The van der Waals surface area contributed by atoms with E-state index in [2.05, 4.69) is 0 Å². The minimum atomic E-state index is -0.844. The Bertz CT molecular complexity index is 1900. The highest BCUT2D eigenvalue weighted by Crippen LogP contribution is 2.30. The van der Waals surface area contributed by atoms with E-state index in [0.29, 0.717) is 99.3 Å². The van der Waals surface area contributed by atoms with Crippen molar-refractivity contribution in [2.24, 2.45) is 0 Å². The van der Waals surface area contributed by atoms with Gasteiger partial charge in [0.1, 0.15) is 0 Å². The first-order valence-electron chi connectivity index (χ1n) is 23.2. The Morgan fingerprint density at radius 2 is 0.529 bits per heavy atom. The maximum Gasteiger partial charge on any atom is 0.338 e. The van der Waals surface area contributed by atoms with Crippen LogP contribution in [-0.2, 0) is 18.9 Å². The Kier molecular flexibility index (Phi) is 24.3. The molecule has 0 aliphatic heterocycles. The first kappa shape index (κ1) is 55.0. The van der Waals surface area contributed by atoms with Gasteiger partial charge in [-0.05, 0) is 147 Å². The smallest absolute Gasteiger partial charge is 0.338 e. The molecule has 370 valence electrons. The third-order valence-corrected chi connectivity index (χ3v) is 11.1. The Balaban J connectivity index is 1.53. The Morgan fingerprint density at radius 1 is 0.324 bits per heavy atom. The van der Waals surface area contributed by atoms with Gasteiger partial charge in [-0.3, -0.25) is 0 Å². The molecule has 4 rings (SSSR count). The van der Waals surface area contributed by atoms with E-state index < -0.39 is 48.3 Å². The van der Waals surface area contributed by atoms with Gasteiger partial charge < -0.3 is 59.8 Å². The number of ether oxygens (including phenoxy) is 4. The fraction of sp³-hybridized carbons (Fsp3) is 0.462. The van der Waals surface area contributed by atoms with Crippen molar-refractivity contribution in [3.63, 3.8) is 0 Å². The topological polar surface area (TPSA) is 267 Å². The summed E-state index contributed by atoms with van der Waals surface area (Å²) in [5.41, 5.74) is 4.71. The Labute approximate surface area is 396 Å². The third-order valence-electron chi connectivity index (χ3n) is 11.1. The van der Waals surface area contributed by atoms with Crippen LogP contribution in [0.3, 0.4) is 0 Å². The van der Waals surface area contributed by atoms with Gasteiger partial charge in [-0.1, -0.05) is 48.5 Å². The molecular weight excluding hydrogens is 881 g/mol. The van der Waals surface area contributed by atoms with E-state index in [1.807, 2.05) is 48.5 Å². The zero-order valence-electron chi connectivity index (χ0n) is 38.4. The molecule has 0 bridgehead atoms. The summed E-state index contributed by atoms with van der Waals surface area (Å²) in [5.74, 6) is -2.60. The quantitative estimate of drug-likeness (QED) is 0.0178. The summed E-state index contributed by atoms with van der Waals surface area (Å²) in [6.45, 7) is -1.13. The van der Waals surface area contributed by atoms with Gasteiger partial charge in [0.2, 0.25) is 0 Å². The summed E-state index contributed by atoms with van der Waals surface area (Å²) in [7, 11) is 0. The number of esters is 4. The molecule has 0 radical (unpaired) electrons. The lowest BCUT2D eigenvalue weighted by Crippen LogP contribution is -2.13. The number of carbonyl (C=O) groups is 4. The maximum atomic E-state index is 13.2. The maximum absolute atomic E-state index is 13.2. The van der Waals surface area contributed by atoms with Crippen molar-refractivity contribution in [1.82, 2.24) is 0 Å². The molecule has 0 saturated heterocycles. The van der Waals surface area contributed by atoms with E-state index in [1.165, 1.54) is 12.1 Å². The lowest BCUT2D eigenvalue weighted by atomic mass is 9.95. The van der Waals surface area contributed by atoms with Crippen molar-refractivity contribution in [2.75, 3.05) is 52.9 Å². The van der Waals surface area contributed by atoms with Gasteiger partial charge in [-0.25, -0.2) is 19.2 Å². The molecule has 0 amide bonds. The number of aliphatic hydroxyl groups excluding tert-OH is 8. The number of carbonyl (C=O) groups excluding carboxylic acids is 4. The van der Waals surface area contributed by atoms with Crippen LogP contribution in [0.25, 0.3) is 33.4 Å². The number of unbranched alkanes of at least 4 members (excludes halogenated alkanes) is 4. The van der Waals surface area contributed by atoms with Crippen molar-refractivity contribution in [3.05, 3.63) is 107 Å². The minimum absolute atomic E-state index is 0.0699. The molecule has 0 aromatic heterocycles. The highest BCUT2D eigenvalue weighted by molar-refractivity contribution is 5.99. The van der Waals surface area contributed by atoms with Crippen LogP contribution in [0, 0.1) is 0 Å². The van der Waals surface area contributed by atoms with Crippen LogP contribution >= 0.6 is 0 Å². The molecule has 4 aromatic carbocycles. The molecule has 0 spiro atoms. The Morgan fingerprint density at radius 3 is 0.735 bits per heavy atom. The predicted octanol–water partition coefficient (Wildman–Crippen LogP) is 5.41. The summed E-state index contributed by atoms with van der Waals surface area (Å²) >= 11 is 0. The van der Waals surface area contributed by atoms with Gasteiger partial charge >= 0.3 is 23.9 Å². The molecular formula is C52H66O16. The average molecular weight is 947 g/mol. The second-order valence-corrected chi connectivity index (χ2v) is 16.6. The molecule has 0 aliphatic rings. The number of benzene rings is 4. The van der Waals surface area contributed by atoms with Gasteiger partial charge in [0.15, 0.2) is 0 Å². The van der Waals surface area contributed by atoms with Crippen LogP contribution in [0.15, 0.2) is 84.9 Å². The number of rotatable bonds is 31. The van der Waals surface area contributed by atoms with Crippen LogP contribution in [0.2, 0.25) is 0 Å². The first-order chi connectivity index (χ1) is 32.8. The van der Waals surface area contributed by atoms with Crippen LogP contribution in [-0.4, -0.2) is 142 Å². The lowest BCUT2D eigenvalue weighted by Gasteiger charge is -2.13. The fourth-order valence-corrected chi connectivity index (χ4v) is 7.06. The minimum Gasteiger partial charge on any atom is -0.462 e. The van der Waals surface area contributed by atoms with Crippen LogP contribution in [0.1, 0.15) is 118 Å². The molecule has 0 heterocycles. The van der Waals surface area contributed by atoms with Crippen molar-refractivity contribution in [3.8, 4) is 33.4 Å². The number of aliphatic hydroxyl groups is 8. The van der Waals surface area contributed by atoms with E-state index in [-0.39, 0.29) is 75.1 Å². The van der Waals surface area contributed by atoms with Gasteiger partial charge in [0.05, 0.1) is 99.5 Å². The summed E-state index contributed by atoms with van der Waals surface area (Å²) in [6, 6.07) is 24.2. The first-order valence-corrected chi connectivity index (χ1v) is 23.2. The molecule has 16 nitrogen and oxygen atoms in total. The normalized spacial score (nSPS) is 13.0. The average Bonchev–Trinajstić information content (AvgIpc) is 3.37. The van der Waals surface area contributed by atoms with Gasteiger partial charge in [-0.2, -0.15) is 0 Å². The van der Waals surface area contributed by atoms with Crippen LogP contribution in [0.4, 0.5) is 0 Å². The van der Waals surface area contributed by atoms with Crippen molar-refractivity contribution >= 4 is 23.9 Å². The Hall–Kier alpha value is -5.56. The number of hydrogen-bond acceptors (Lipinski definition) is 16. The zero-order chi connectivity index (χ0) is 49.3. The highest BCUT2D eigenvalue weighted by Gasteiger charge is 2.19. The molecule has 0 saturated carbocycles. The van der Waals surface area contributed by atoms with Crippen LogP contribution in [0.5, 0.6) is 0 Å². The van der Waals surface area contributed by atoms with E-state index in [9.17, 15) is 39.6 Å². The molecule has 4 atom stereocenters. The summed E-state index contributed by atoms with van der Waals surface area (Å²) in [4.78, 5) is 52.9. The van der Waals surface area contributed by atoms with Gasteiger partial charge in [0.25, 0.3) is 0 Å². The molecule has 0 aliphatic carbocycles. The lowest BCUT2D eigenvalue weighted by molar-refractivity contribution is 0.0464. The third kappa shape index (κ3) is 18.8. The predicted molar refractivity (Wildman–Crippen MR) is 252 cm³/mol. The van der Waals surface area contributed by atoms with Crippen LogP contribution < -0.4 is 0 Å². The molecule has 68 heavy (non-hydrogen) atoms. The van der Waals surface area contributed by atoms with Crippen molar-refractivity contribution < 1.29 is 79.0 Å². The second-order valence-electron chi connectivity index (χ2n) is 16.6. The molecule has 0 fully saturated rings. The summed E-state index contributed by atoms with van der Waals surface area (Å²) < 4.78 is 21.9. The molecule has 8 N–H and O–H groups in total. The van der Waals surface area contributed by atoms with Gasteiger partial charge in [-0.15, -0.1) is 0 Å². The standard InChI is InChI=1S/C52H66O16/c53-31-45(57)9-1-5-21-65-49(61)41-25-39(26-42(29-41)50(62)66-22-6-2-10-46(58)32-54)37-17-13-35(14-18-37)36-15-19-38(20-16-36)40-27-43(51(63)67-23-7-3-11-47(59)33-55)30-44(28-40)52(64)68-24-8-4-12-48(60)34-56/h13-20,25-30,45-48,53-60H,1-12,21-24,31-34H2. The van der Waals surface area contributed by atoms with E-state index in [1.54, 1.807) is 24.3 Å². The zero-order valence-corrected chi connectivity index (χ0v) is 38.4. The summed E-state index contributed by atoms with van der Waals surface area (Å²) in [5, 5.41) is 74.6. The number of hydrogen-bond donors (Lipinski definition) is 8. The van der Waals surface area contributed by atoms with E-state index in [4.69, 9.17) is 39.4 Å². The molecule has 16 heteroatoms. The SMILES string of the molecule is O=C(OCCCCC(O)CO)c1cc(C(=O)OCCCCC(O)CO)cc(-c2ccc(-c3ccc(-c4cc(C(=O)OCCCCC(O)CO)cc(C(=O)OCCCCC(O)CO)c4)cc3)cc2)c1. The second kappa shape index (κ2) is 30.0. The van der Waals surface area contributed by atoms with Gasteiger partial charge in [0, 0.05) is 0 Å². The summed E-state index contributed by atoms with van der Waals surface area (Å²) in [6.07, 6.45) is 2.02. The monoisotopic (exact) mass is 946 g/mol. The van der Waals surface area contributed by atoms with E-state index >= 15 is 0 Å². The largest absolute Gasteiger partial charge is 0.462 e. The van der Waals surface area contributed by atoms with Crippen molar-refractivity contribution in [2.45, 2.75) is 101 Å². The molecule has 4 aromatic rings. The molecule has 4 unspecified atom stereocenters.